The summed E-state index contributed by atoms with van der Waals surface area (Å²) in [6, 6.07) is 4.95. The smallest absolute Gasteiger partial charge is 0.251 e. The zero-order chi connectivity index (χ0) is 13.4. The number of terminal acetylenes is 1. The molecule has 5 heteroatoms. The van der Waals surface area contributed by atoms with Gasteiger partial charge in [-0.05, 0) is 18.2 Å². The minimum absolute atomic E-state index is 0.144. The van der Waals surface area contributed by atoms with Crippen LogP contribution >= 0.6 is 11.8 Å². The highest BCUT2D eigenvalue weighted by Crippen LogP contribution is 2.21. The van der Waals surface area contributed by atoms with Gasteiger partial charge in [-0.3, -0.25) is 4.79 Å². The molecule has 3 N–H and O–H groups in total. The number of hydrogen-bond acceptors (Lipinski definition) is 4. The number of nitrogens with one attached hydrogen (secondary N) is 1. The zero-order valence-corrected chi connectivity index (χ0v) is 11.0. The number of hydrogen-bond donors (Lipinski definition) is 2. The van der Waals surface area contributed by atoms with Gasteiger partial charge < -0.3 is 15.8 Å². The van der Waals surface area contributed by atoms with Crippen molar-refractivity contribution in [1.29, 1.82) is 0 Å². The molecule has 0 spiro atoms. The number of nitrogens with two attached hydrogens (primary N) is 1. The maximum atomic E-state index is 11.8. The molecule has 0 radical (unpaired) electrons. The Hall–Kier alpha value is -1.80. The van der Waals surface area contributed by atoms with Crippen LogP contribution in [-0.4, -0.2) is 31.1 Å². The van der Waals surface area contributed by atoms with Crippen LogP contribution in [0.3, 0.4) is 0 Å². The van der Waals surface area contributed by atoms with E-state index in [4.69, 9.17) is 16.9 Å². The van der Waals surface area contributed by atoms with Crippen molar-refractivity contribution in [3.63, 3.8) is 0 Å². The van der Waals surface area contributed by atoms with Crippen molar-refractivity contribution in [2.75, 3.05) is 30.9 Å². The summed E-state index contributed by atoms with van der Waals surface area (Å²) in [6.07, 6.45) is 5.12. The lowest BCUT2D eigenvalue weighted by Crippen LogP contribution is -2.25. The Kier molecular flexibility index (Phi) is 5.95. The fraction of sp³-hybridized carbons (Fsp3) is 0.308. The number of carbonyl (C=O) groups is 1. The molecule has 0 aliphatic heterocycles. The number of methoxy groups -OCH3 is 1. The number of rotatable bonds is 6. The van der Waals surface area contributed by atoms with Crippen LogP contribution in [0.15, 0.2) is 18.2 Å². The predicted octanol–water partition coefficient (Wildman–Crippen LogP) is 1.37. The van der Waals surface area contributed by atoms with E-state index in [1.165, 1.54) is 7.11 Å². The number of anilines is 1. The van der Waals surface area contributed by atoms with Crippen LogP contribution in [0.2, 0.25) is 0 Å². The van der Waals surface area contributed by atoms with E-state index in [9.17, 15) is 4.79 Å². The normalized spacial score (nSPS) is 9.56. The fourth-order valence-electron chi connectivity index (χ4n) is 1.32. The van der Waals surface area contributed by atoms with Gasteiger partial charge in [0.25, 0.3) is 5.91 Å². The van der Waals surface area contributed by atoms with Gasteiger partial charge in [-0.25, -0.2) is 0 Å². The number of ether oxygens (including phenoxy) is 1. The first-order valence-electron chi connectivity index (χ1n) is 5.42. The van der Waals surface area contributed by atoms with E-state index in [-0.39, 0.29) is 5.91 Å². The van der Waals surface area contributed by atoms with Crippen molar-refractivity contribution >= 4 is 23.4 Å². The molecule has 0 atom stereocenters. The van der Waals surface area contributed by atoms with Crippen molar-refractivity contribution in [3.05, 3.63) is 23.8 Å². The topological polar surface area (TPSA) is 64.4 Å². The van der Waals surface area contributed by atoms with Gasteiger partial charge in [0.1, 0.15) is 5.75 Å². The molecule has 0 aromatic heterocycles. The minimum Gasteiger partial charge on any atom is -0.495 e. The van der Waals surface area contributed by atoms with Gasteiger partial charge in [0.05, 0.1) is 18.6 Å². The van der Waals surface area contributed by atoms with Crippen LogP contribution in [0.4, 0.5) is 5.69 Å². The average Bonchev–Trinajstić information content (AvgIpc) is 2.38. The molecular weight excluding hydrogens is 248 g/mol. The standard InChI is InChI=1S/C13H16N2O2S/c1-3-7-18-8-6-15-13(16)10-4-5-11(14)12(9-10)17-2/h1,4-5,9H,6-8,14H2,2H3,(H,15,16). The molecule has 1 rings (SSSR count). The highest BCUT2D eigenvalue weighted by Gasteiger charge is 2.08. The Balaban J connectivity index is 2.49. The van der Waals surface area contributed by atoms with Crippen LogP contribution in [0.1, 0.15) is 10.4 Å². The van der Waals surface area contributed by atoms with E-state index in [1.807, 2.05) is 0 Å². The highest BCUT2D eigenvalue weighted by molar-refractivity contribution is 7.99. The molecule has 1 aromatic rings. The molecule has 18 heavy (non-hydrogen) atoms. The lowest BCUT2D eigenvalue weighted by Gasteiger charge is -2.08. The Bertz CT molecular complexity index is 455. The Labute approximate surface area is 111 Å². The Morgan fingerprint density at radius 2 is 2.39 bits per heavy atom. The second kappa shape index (κ2) is 7.51. The molecule has 0 saturated heterocycles. The molecule has 0 saturated carbocycles. The molecule has 0 heterocycles. The van der Waals surface area contributed by atoms with E-state index in [1.54, 1.807) is 30.0 Å². The molecule has 1 aromatic carbocycles. The third-order valence-electron chi connectivity index (χ3n) is 2.21. The molecule has 0 aliphatic rings. The van der Waals surface area contributed by atoms with Gasteiger partial charge in [0.2, 0.25) is 0 Å². The van der Waals surface area contributed by atoms with Gasteiger partial charge in [0.15, 0.2) is 0 Å². The van der Waals surface area contributed by atoms with Gasteiger partial charge in [-0.1, -0.05) is 5.92 Å². The molecular formula is C13H16N2O2S. The Morgan fingerprint density at radius 1 is 1.61 bits per heavy atom. The van der Waals surface area contributed by atoms with Gasteiger partial charge >= 0.3 is 0 Å². The summed E-state index contributed by atoms with van der Waals surface area (Å²) in [4.78, 5) is 11.8. The first-order valence-corrected chi connectivity index (χ1v) is 6.57. The lowest BCUT2D eigenvalue weighted by atomic mass is 10.2. The summed E-state index contributed by atoms with van der Waals surface area (Å²) in [7, 11) is 1.52. The van der Waals surface area contributed by atoms with Crippen molar-refractivity contribution < 1.29 is 9.53 Å². The van der Waals surface area contributed by atoms with Crippen LogP contribution in [-0.2, 0) is 0 Å². The summed E-state index contributed by atoms with van der Waals surface area (Å²) >= 11 is 1.61. The van der Waals surface area contributed by atoms with E-state index < -0.39 is 0 Å². The van der Waals surface area contributed by atoms with E-state index in [0.717, 1.165) is 5.75 Å². The molecule has 4 nitrogen and oxygen atoms in total. The first kappa shape index (κ1) is 14.3. The third-order valence-corrected chi connectivity index (χ3v) is 3.08. The second-order valence-corrected chi connectivity index (χ2v) is 4.57. The molecule has 1 amide bonds. The minimum atomic E-state index is -0.144. The largest absolute Gasteiger partial charge is 0.495 e. The molecule has 0 fully saturated rings. The van der Waals surface area contributed by atoms with Gasteiger partial charge in [0, 0.05) is 17.9 Å². The molecule has 0 bridgehead atoms. The lowest BCUT2D eigenvalue weighted by molar-refractivity contribution is 0.0956. The number of thioether (sulfide) groups is 1. The number of carbonyl (C=O) groups excluding carboxylic acids is 1. The average molecular weight is 264 g/mol. The molecule has 96 valence electrons. The van der Waals surface area contributed by atoms with E-state index in [0.29, 0.717) is 29.3 Å². The van der Waals surface area contributed by atoms with Crippen molar-refractivity contribution in [2.24, 2.45) is 0 Å². The summed E-state index contributed by atoms with van der Waals surface area (Å²) in [6.45, 7) is 0.581. The van der Waals surface area contributed by atoms with Gasteiger partial charge in [-0.15, -0.1) is 18.2 Å². The summed E-state index contributed by atoms with van der Waals surface area (Å²) in [5.41, 5.74) is 6.72. The van der Waals surface area contributed by atoms with Crippen molar-refractivity contribution in [1.82, 2.24) is 5.32 Å². The molecule has 0 unspecified atom stereocenters. The van der Waals surface area contributed by atoms with Crippen LogP contribution in [0.25, 0.3) is 0 Å². The second-order valence-electron chi connectivity index (χ2n) is 3.47. The fourth-order valence-corrected chi connectivity index (χ4v) is 1.83. The summed E-state index contributed by atoms with van der Waals surface area (Å²) in [5, 5.41) is 2.80. The quantitative estimate of drug-likeness (QED) is 0.463. The van der Waals surface area contributed by atoms with Crippen molar-refractivity contribution in [2.45, 2.75) is 0 Å². The molecule has 0 aliphatic carbocycles. The van der Waals surface area contributed by atoms with Gasteiger partial charge in [-0.2, -0.15) is 0 Å². The van der Waals surface area contributed by atoms with Crippen LogP contribution in [0.5, 0.6) is 5.75 Å². The van der Waals surface area contributed by atoms with Crippen molar-refractivity contribution in [3.8, 4) is 18.1 Å². The Morgan fingerprint density at radius 3 is 3.06 bits per heavy atom. The monoisotopic (exact) mass is 264 g/mol. The van der Waals surface area contributed by atoms with Crippen LogP contribution < -0.4 is 15.8 Å². The summed E-state index contributed by atoms with van der Waals surface area (Å²) in [5.74, 6) is 4.34. The maximum Gasteiger partial charge on any atom is 0.251 e. The van der Waals surface area contributed by atoms with E-state index in [2.05, 4.69) is 11.2 Å². The first-order chi connectivity index (χ1) is 8.69. The maximum absolute atomic E-state index is 11.8. The predicted molar refractivity (Wildman–Crippen MR) is 75.9 cm³/mol. The number of benzene rings is 1. The van der Waals surface area contributed by atoms with Crippen LogP contribution in [0, 0.1) is 12.3 Å². The van der Waals surface area contributed by atoms with E-state index >= 15 is 0 Å². The number of nitrogen functional groups attached to an aromatic ring is 1. The zero-order valence-electron chi connectivity index (χ0n) is 10.2. The highest BCUT2D eigenvalue weighted by atomic mass is 32.2. The SMILES string of the molecule is C#CCSCCNC(=O)c1ccc(N)c(OC)c1. The number of amides is 1. The summed E-state index contributed by atoms with van der Waals surface area (Å²) < 4.78 is 5.06. The third kappa shape index (κ3) is 4.22.